The van der Waals surface area contributed by atoms with Gasteiger partial charge in [-0.25, -0.2) is 17.2 Å². The fourth-order valence-corrected chi connectivity index (χ4v) is 6.54. The van der Waals surface area contributed by atoms with Crippen molar-refractivity contribution in [2.45, 2.75) is 61.6 Å². The van der Waals surface area contributed by atoms with Crippen molar-refractivity contribution in [2.24, 2.45) is 5.92 Å². The monoisotopic (exact) mass is 392 g/mol. The van der Waals surface area contributed by atoms with Crippen molar-refractivity contribution in [3.8, 4) is 0 Å². The second-order valence-electron chi connectivity index (χ2n) is 7.20. The number of thiophene rings is 1. The zero-order valence-electron chi connectivity index (χ0n) is 14.5. The molecule has 4 nitrogen and oxygen atoms in total. The highest BCUT2D eigenvalue weighted by atomic mass is 32.2. The van der Waals surface area contributed by atoms with Crippen molar-refractivity contribution in [3.05, 3.63) is 17.0 Å². The predicted octanol–water partition coefficient (Wildman–Crippen LogP) is 3.49. The van der Waals surface area contributed by atoms with Crippen LogP contribution in [-0.2, 0) is 16.4 Å². The number of hydrogen-bond donors (Lipinski definition) is 1. The summed E-state index contributed by atoms with van der Waals surface area (Å²) in [4.78, 5) is 1.01. The molecule has 8 heteroatoms. The van der Waals surface area contributed by atoms with Crippen LogP contribution in [0.25, 0.3) is 0 Å². The second kappa shape index (κ2) is 7.58. The number of halogens is 2. The smallest absolute Gasteiger partial charge is 0.252 e. The van der Waals surface area contributed by atoms with Gasteiger partial charge in [-0.05, 0) is 44.2 Å². The van der Waals surface area contributed by atoms with Gasteiger partial charge in [-0.3, -0.25) is 0 Å². The molecule has 1 saturated carbocycles. The topological polar surface area (TPSA) is 49.4 Å². The molecule has 2 heterocycles. The van der Waals surface area contributed by atoms with Crippen LogP contribution in [0.2, 0.25) is 0 Å². The normalized spacial score (nSPS) is 23.3. The summed E-state index contributed by atoms with van der Waals surface area (Å²) in [7, 11) is -3.36. The van der Waals surface area contributed by atoms with Crippen LogP contribution >= 0.6 is 11.3 Å². The van der Waals surface area contributed by atoms with Crippen LogP contribution in [0.4, 0.5) is 8.78 Å². The van der Waals surface area contributed by atoms with Gasteiger partial charge in [0.2, 0.25) is 5.92 Å². The Bertz CT molecular complexity index is 677. The minimum Gasteiger partial charge on any atom is -0.314 e. The van der Waals surface area contributed by atoms with E-state index < -0.39 is 15.9 Å². The third-order valence-corrected chi connectivity index (χ3v) is 8.72. The highest BCUT2D eigenvalue weighted by Gasteiger charge is 2.47. The van der Waals surface area contributed by atoms with Crippen molar-refractivity contribution >= 4 is 21.4 Å². The fraction of sp³-hybridized carbons (Fsp3) is 0.765. The summed E-state index contributed by atoms with van der Waals surface area (Å²) in [5, 5.41) is 3.30. The van der Waals surface area contributed by atoms with Crippen molar-refractivity contribution < 1.29 is 17.2 Å². The molecule has 1 aliphatic heterocycles. The Morgan fingerprint density at radius 3 is 2.60 bits per heavy atom. The van der Waals surface area contributed by atoms with Crippen LogP contribution in [0.1, 0.15) is 43.9 Å². The number of rotatable bonds is 7. The molecule has 0 amide bonds. The highest BCUT2D eigenvalue weighted by Crippen LogP contribution is 2.43. The molecular weight excluding hydrogens is 366 g/mol. The molecule has 1 aromatic rings. The van der Waals surface area contributed by atoms with Gasteiger partial charge in [0, 0.05) is 43.4 Å². The maximum Gasteiger partial charge on any atom is 0.252 e. The van der Waals surface area contributed by atoms with Gasteiger partial charge < -0.3 is 5.32 Å². The fourth-order valence-electron chi connectivity index (χ4n) is 3.51. The number of nitrogens with zero attached hydrogens (tertiary/aromatic N) is 1. The minimum absolute atomic E-state index is 0.0294. The number of piperidine rings is 1. The van der Waals surface area contributed by atoms with E-state index in [4.69, 9.17) is 0 Å². The van der Waals surface area contributed by atoms with Gasteiger partial charge in [0.15, 0.2) is 0 Å². The summed E-state index contributed by atoms with van der Waals surface area (Å²) in [5.41, 5.74) is 0. The largest absolute Gasteiger partial charge is 0.314 e. The van der Waals surface area contributed by atoms with Crippen LogP contribution in [0, 0.1) is 5.92 Å². The maximum absolute atomic E-state index is 12.9. The van der Waals surface area contributed by atoms with Gasteiger partial charge in [-0.2, -0.15) is 4.31 Å². The van der Waals surface area contributed by atoms with Gasteiger partial charge in [-0.1, -0.05) is 6.42 Å². The first-order valence-electron chi connectivity index (χ1n) is 8.98. The van der Waals surface area contributed by atoms with E-state index in [0.29, 0.717) is 30.3 Å². The lowest BCUT2D eigenvalue weighted by Gasteiger charge is -2.39. The molecule has 0 spiro atoms. The Hall–Kier alpha value is -0.570. The first-order valence-corrected chi connectivity index (χ1v) is 11.2. The summed E-state index contributed by atoms with van der Waals surface area (Å²) in [6, 6.07) is 3.63. The van der Waals surface area contributed by atoms with Crippen molar-refractivity contribution in [2.75, 3.05) is 19.6 Å². The van der Waals surface area contributed by atoms with Crippen molar-refractivity contribution in [3.63, 3.8) is 0 Å². The van der Waals surface area contributed by atoms with Crippen LogP contribution in [0.15, 0.2) is 16.3 Å². The Kier molecular flexibility index (Phi) is 5.82. The van der Waals surface area contributed by atoms with E-state index in [2.05, 4.69) is 5.32 Å². The first kappa shape index (κ1) is 19.2. The lowest BCUT2D eigenvalue weighted by atomic mass is 9.77. The Morgan fingerprint density at radius 1 is 1.28 bits per heavy atom. The van der Waals surface area contributed by atoms with Gasteiger partial charge in [0.25, 0.3) is 10.0 Å². The van der Waals surface area contributed by atoms with Gasteiger partial charge in [-0.15, -0.1) is 11.3 Å². The molecule has 142 valence electrons. The van der Waals surface area contributed by atoms with Crippen LogP contribution in [0.3, 0.4) is 0 Å². The van der Waals surface area contributed by atoms with E-state index in [1.165, 1.54) is 11.3 Å². The average Bonchev–Trinajstić information content (AvgIpc) is 3.03. The van der Waals surface area contributed by atoms with Crippen molar-refractivity contribution in [1.29, 1.82) is 0 Å². The van der Waals surface area contributed by atoms with Gasteiger partial charge in [0.1, 0.15) is 4.21 Å². The molecule has 0 radical (unpaired) electrons. The molecule has 2 fully saturated rings. The van der Waals surface area contributed by atoms with Crippen LogP contribution < -0.4 is 5.32 Å². The first-order chi connectivity index (χ1) is 11.8. The molecule has 1 unspecified atom stereocenters. The number of sulfonamides is 1. The lowest BCUT2D eigenvalue weighted by Crippen LogP contribution is -2.46. The molecule has 1 saturated heterocycles. The van der Waals surface area contributed by atoms with E-state index in [1.54, 1.807) is 10.4 Å². The number of nitrogens with one attached hydrogen (secondary N) is 1. The molecule has 1 atom stereocenters. The molecule has 25 heavy (non-hydrogen) atoms. The molecule has 1 aromatic heterocycles. The SMILES string of the molecule is CC(NCCc1ccc(S(=O)(=O)N2CCCCC2)s1)C1CC(F)(F)C1. The highest BCUT2D eigenvalue weighted by molar-refractivity contribution is 7.91. The quantitative estimate of drug-likeness (QED) is 0.773. The zero-order chi connectivity index (χ0) is 18.1. The van der Waals surface area contributed by atoms with E-state index in [1.807, 2.05) is 13.0 Å². The van der Waals surface area contributed by atoms with E-state index in [9.17, 15) is 17.2 Å². The molecule has 2 aliphatic rings. The third kappa shape index (κ3) is 4.59. The van der Waals surface area contributed by atoms with E-state index >= 15 is 0 Å². The van der Waals surface area contributed by atoms with E-state index in [0.717, 1.165) is 24.1 Å². The molecule has 1 N–H and O–H groups in total. The number of alkyl halides is 2. The lowest BCUT2D eigenvalue weighted by molar-refractivity contribution is -0.117. The molecular formula is C17H26F2N2O2S2. The summed E-state index contributed by atoms with van der Waals surface area (Å²) < 4.78 is 53.1. The summed E-state index contributed by atoms with van der Waals surface area (Å²) in [6.07, 6.45) is 3.61. The van der Waals surface area contributed by atoms with Crippen molar-refractivity contribution in [1.82, 2.24) is 9.62 Å². The van der Waals surface area contributed by atoms with Gasteiger partial charge >= 0.3 is 0 Å². The Labute approximate surface area is 152 Å². The third-order valence-electron chi connectivity index (χ3n) is 5.21. The molecule has 0 bridgehead atoms. The molecule has 1 aliphatic carbocycles. The molecule has 0 aromatic carbocycles. The minimum atomic E-state index is -3.36. The zero-order valence-corrected chi connectivity index (χ0v) is 16.1. The summed E-state index contributed by atoms with van der Waals surface area (Å²) in [6.45, 7) is 3.84. The van der Waals surface area contributed by atoms with Crippen LogP contribution in [0.5, 0.6) is 0 Å². The average molecular weight is 393 g/mol. The number of hydrogen-bond acceptors (Lipinski definition) is 4. The van der Waals surface area contributed by atoms with Crippen LogP contribution in [-0.4, -0.2) is 44.3 Å². The second-order valence-corrected chi connectivity index (χ2v) is 10.5. The van der Waals surface area contributed by atoms with Gasteiger partial charge in [0.05, 0.1) is 0 Å². The predicted molar refractivity (Wildman–Crippen MR) is 95.8 cm³/mol. The summed E-state index contributed by atoms with van der Waals surface area (Å²) in [5.74, 6) is -2.44. The Morgan fingerprint density at radius 2 is 1.96 bits per heavy atom. The maximum atomic E-state index is 12.9. The van der Waals surface area contributed by atoms with E-state index in [-0.39, 0.29) is 24.8 Å². The Balaban J connectivity index is 1.48. The molecule has 3 rings (SSSR count). The standard InChI is InChI=1S/C17H26F2N2O2S2/c1-13(14-11-17(18,19)12-14)20-8-7-15-5-6-16(24-15)25(22,23)21-9-3-2-4-10-21/h5-6,13-14,20H,2-4,7-12H2,1H3. The summed E-state index contributed by atoms with van der Waals surface area (Å²) >= 11 is 1.32.